The van der Waals surface area contributed by atoms with Crippen molar-refractivity contribution in [3.8, 4) is 0 Å². The third-order valence-corrected chi connectivity index (χ3v) is 4.23. The van der Waals surface area contributed by atoms with Crippen LogP contribution >= 0.6 is 27.5 Å². The second-order valence-electron chi connectivity index (χ2n) is 4.96. The number of hydrogen-bond acceptors (Lipinski definition) is 2. The SMILES string of the molecule is CON(C)C(=O)[C@@H](Cc1ccc(Cl)cc1)c1cccc(Br)c1. The summed E-state index contributed by atoms with van der Waals surface area (Å²) >= 11 is 9.38. The summed E-state index contributed by atoms with van der Waals surface area (Å²) in [6, 6.07) is 15.3. The third-order valence-electron chi connectivity index (χ3n) is 3.49. The predicted molar refractivity (Wildman–Crippen MR) is 91.8 cm³/mol. The molecule has 0 aliphatic heterocycles. The summed E-state index contributed by atoms with van der Waals surface area (Å²) in [5.74, 6) is -0.404. The van der Waals surface area contributed by atoms with Crippen molar-refractivity contribution in [1.29, 1.82) is 0 Å². The zero-order chi connectivity index (χ0) is 16.1. The van der Waals surface area contributed by atoms with Crippen molar-refractivity contribution >= 4 is 33.4 Å². The van der Waals surface area contributed by atoms with Gasteiger partial charge >= 0.3 is 0 Å². The molecule has 0 saturated heterocycles. The molecule has 2 aromatic carbocycles. The van der Waals surface area contributed by atoms with Crippen LogP contribution < -0.4 is 0 Å². The number of amides is 1. The van der Waals surface area contributed by atoms with Gasteiger partial charge in [0.2, 0.25) is 0 Å². The number of carbonyl (C=O) groups excluding carboxylic acids is 1. The molecule has 0 fully saturated rings. The fourth-order valence-corrected chi connectivity index (χ4v) is 2.78. The van der Waals surface area contributed by atoms with Crippen LogP contribution in [0.4, 0.5) is 0 Å². The van der Waals surface area contributed by atoms with Gasteiger partial charge in [0.05, 0.1) is 13.0 Å². The van der Waals surface area contributed by atoms with Crippen molar-refractivity contribution < 1.29 is 9.63 Å². The van der Waals surface area contributed by atoms with Crippen molar-refractivity contribution in [1.82, 2.24) is 5.06 Å². The second kappa shape index (κ2) is 7.77. The number of carbonyl (C=O) groups is 1. The van der Waals surface area contributed by atoms with Crippen molar-refractivity contribution in [3.63, 3.8) is 0 Å². The van der Waals surface area contributed by atoms with E-state index in [1.165, 1.54) is 12.2 Å². The standard InChI is InChI=1S/C17H17BrClNO2/c1-20(22-2)17(21)16(13-4-3-5-14(18)11-13)10-12-6-8-15(19)9-7-12/h3-9,11,16H,10H2,1-2H3/t16-/m0/s1. The minimum Gasteiger partial charge on any atom is -0.275 e. The van der Waals surface area contributed by atoms with Gasteiger partial charge in [0.1, 0.15) is 0 Å². The van der Waals surface area contributed by atoms with E-state index in [1.54, 1.807) is 7.05 Å². The van der Waals surface area contributed by atoms with Crippen LogP contribution in [-0.2, 0) is 16.1 Å². The zero-order valence-corrected chi connectivity index (χ0v) is 14.8. The molecule has 0 unspecified atom stereocenters. The molecule has 2 rings (SSSR count). The Hall–Kier alpha value is -1.36. The number of nitrogens with zero attached hydrogens (tertiary/aromatic N) is 1. The molecule has 3 nitrogen and oxygen atoms in total. The Morgan fingerprint density at radius 1 is 1.27 bits per heavy atom. The molecule has 0 aliphatic carbocycles. The average molecular weight is 383 g/mol. The Morgan fingerprint density at radius 3 is 2.55 bits per heavy atom. The number of rotatable bonds is 5. The van der Waals surface area contributed by atoms with Crippen molar-refractivity contribution in [2.24, 2.45) is 0 Å². The highest BCUT2D eigenvalue weighted by atomic mass is 79.9. The summed E-state index contributed by atoms with van der Waals surface area (Å²) in [5.41, 5.74) is 1.99. The molecule has 0 aromatic heterocycles. The minimum absolute atomic E-state index is 0.0875. The third kappa shape index (κ3) is 4.32. The topological polar surface area (TPSA) is 29.5 Å². The van der Waals surface area contributed by atoms with Crippen LogP contribution in [0.15, 0.2) is 53.0 Å². The van der Waals surface area contributed by atoms with Crippen molar-refractivity contribution in [2.75, 3.05) is 14.2 Å². The van der Waals surface area contributed by atoms with E-state index in [4.69, 9.17) is 16.4 Å². The number of hydroxylamine groups is 2. The lowest BCUT2D eigenvalue weighted by molar-refractivity contribution is -0.170. The minimum atomic E-state index is -0.316. The summed E-state index contributed by atoms with van der Waals surface area (Å²) in [7, 11) is 3.10. The molecule has 1 amide bonds. The molecule has 116 valence electrons. The van der Waals surface area contributed by atoms with Gasteiger partial charge in [-0.2, -0.15) is 0 Å². The van der Waals surface area contributed by atoms with Gasteiger partial charge in [-0.3, -0.25) is 9.63 Å². The van der Waals surface area contributed by atoms with Gasteiger partial charge in [0, 0.05) is 16.5 Å². The first-order valence-corrected chi connectivity index (χ1v) is 8.00. The Morgan fingerprint density at radius 2 is 1.95 bits per heavy atom. The van der Waals surface area contributed by atoms with E-state index in [0.29, 0.717) is 11.4 Å². The maximum Gasteiger partial charge on any atom is 0.253 e. The summed E-state index contributed by atoms with van der Waals surface area (Å²) in [4.78, 5) is 17.7. The largest absolute Gasteiger partial charge is 0.275 e. The number of benzene rings is 2. The monoisotopic (exact) mass is 381 g/mol. The Labute approximate surface area is 143 Å². The van der Waals surface area contributed by atoms with Crippen molar-refractivity contribution in [3.05, 3.63) is 69.2 Å². The lowest BCUT2D eigenvalue weighted by Gasteiger charge is -2.22. The molecule has 22 heavy (non-hydrogen) atoms. The van der Waals surface area contributed by atoms with Gasteiger partial charge in [-0.05, 0) is 41.8 Å². The maximum atomic E-state index is 12.6. The lowest BCUT2D eigenvalue weighted by atomic mass is 9.91. The van der Waals surface area contributed by atoms with E-state index in [1.807, 2.05) is 48.5 Å². The summed E-state index contributed by atoms with van der Waals surface area (Å²) in [6.07, 6.45) is 0.583. The number of halogens is 2. The van der Waals surface area contributed by atoms with Crippen molar-refractivity contribution in [2.45, 2.75) is 12.3 Å². The molecule has 0 aliphatic rings. The van der Waals surface area contributed by atoms with Crippen LogP contribution in [0.3, 0.4) is 0 Å². The first kappa shape index (κ1) is 17.0. The van der Waals surface area contributed by atoms with E-state index < -0.39 is 0 Å². The Bertz CT molecular complexity index is 645. The molecule has 1 atom stereocenters. The first-order valence-electron chi connectivity index (χ1n) is 6.83. The molecule has 0 bridgehead atoms. The second-order valence-corrected chi connectivity index (χ2v) is 6.31. The van der Waals surface area contributed by atoms with E-state index >= 15 is 0 Å². The smallest absolute Gasteiger partial charge is 0.253 e. The molecule has 0 heterocycles. The van der Waals surface area contributed by atoms with Gasteiger partial charge in [-0.15, -0.1) is 0 Å². The number of likely N-dealkylation sites (N-methyl/N-ethyl adjacent to an activating group) is 1. The van der Waals surface area contributed by atoms with Crippen LogP contribution in [0.1, 0.15) is 17.0 Å². The van der Waals surface area contributed by atoms with Gasteiger partial charge in [0.15, 0.2) is 0 Å². The maximum absolute atomic E-state index is 12.6. The van der Waals surface area contributed by atoms with Crippen LogP contribution in [0.25, 0.3) is 0 Å². The molecule has 0 saturated carbocycles. The van der Waals surface area contributed by atoms with Gasteiger partial charge in [-0.25, -0.2) is 5.06 Å². The molecule has 0 N–H and O–H groups in total. The summed E-state index contributed by atoms with van der Waals surface area (Å²) in [6.45, 7) is 0. The van der Waals surface area contributed by atoms with Crippen LogP contribution in [0.5, 0.6) is 0 Å². The molecular weight excluding hydrogens is 366 g/mol. The van der Waals surface area contributed by atoms with E-state index in [-0.39, 0.29) is 11.8 Å². The predicted octanol–water partition coefficient (Wildman–Crippen LogP) is 4.45. The molecule has 2 aromatic rings. The zero-order valence-electron chi connectivity index (χ0n) is 12.4. The normalized spacial score (nSPS) is 12.0. The fourth-order valence-electron chi connectivity index (χ4n) is 2.24. The Balaban J connectivity index is 2.32. The van der Waals surface area contributed by atoms with E-state index in [9.17, 15) is 4.79 Å². The lowest BCUT2D eigenvalue weighted by Crippen LogP contribution is -2.32. The Kier molecular flexibility index (Phi) is 6.00. The molecule has 5 heteroatoms. The van der Waals surface area contributed by atoms with Crippen LogP contribution in [0.2, 0.25) is 5.02 Å². The summed E-state index contributed by atoms with van der Waals surface area (Å²) < 4.78 is 0.943. The van der Waals surface area contributed by atoms with E-state index in [0.717, 1.165) is 15.6 Å². The summed E-state index contributed by atoms with van der Waals surface area (Å²) in [5, 5.41) is 1.95. The highest BCUT2D eigenvalue weighted by Crippen LogP contribution is 2.26. The highest BCUT2D eigenvalue weighted by molar-refractivity contribution is 9.10. The molecule has 0 radical (unpaired) electrons. The van der Waals surface area contributed by atoms with Crippen LogP contribution in [0, 0.1) is 0 Å². The fraction of sp³-hybridized carbons (Fsp3) is 0.235. The molecular formula is C17H17BrClNO2. The number of hydrogen-bond donors (Lipinski definition) is 0. The van der Waals surface area contributed by atoms with Gasteiger partial charge in [0.25, 0.3) is 5.91 Å². The average Bonchev–Trinajstić information content (AvgIpc) is 2.53. The van der Waals surface area contributed by atoms with E-state index in [2.05, 4.69) is 15.9 Å². The highest BCUT2D eigenvalue weighted by Gasteiger charge is 2.24. The van der Waals surface area contributed by atoms with Crippen LogP contribution in [-0.4, -0.2) is 25.1 Å². The first-order chi connectivity index (χ1) is 10.5. The molecule has 0 spiro atoms. The van der Waals surface area contributed by atoms with Gasteiger partial charge in [-0.1, -0.05) is 51.8 Å². The van der Waals surface area contributed by atoms with Gasteiger partial charge < -0.3 is 0 Å². The quantitative estimate of drug-likeness (QED) is 0.715.